The first kappa shape index (κ1) is 58.3. The van der Waals surface area contributed by atoms with Gasteiger partial charge in [-0.25, -0.2) is 0 Å². The number of nitrogens with zero attached hydrogens (tertiary/aromatic N) is 2. The lowest BCUT2D eigenvalue weighted by molar-refractivity contribution is 0.660. The molecule has 0 radical (unpaired) electrons. The van der Waals surface area contributed by atoms with Crippen LogP contribution in [0, 0.1) is 0 Å². The van der Waals surface area contributed by atoms with Crippen molar-refractivity contribution in [2.45, 2.75) is 43.9 Å². The highest BCUT2D eigenvalue weighted by atomic mass is 15.2. The molecule has 0 saturated carbocycles. The molecule has 15 aromatic carbocycles. The number of anilines is 6. The van der Waals surface area contributed by atoms with Crippen molar-refractivity contribution in [2.24, 2.45) is 0 Å². The minimum atomic E-state index is -0.531. The number of rotatable bonds is 11. The summed E-state index contributed by atoms with van der Waals surface area (Å²) in [5, 5.41) is 0. The van der Waals surface area contributed by atoms with Gasteiger partial charge in [0.2, 0.25) is 0 Å². The Hall–Kier alpha value is -12.1. The third-order valence-corrected chi connectivity index (χ3v) is 22.2. The fraction of sp³-hybridized carbons (Fsp3) is 0.0722. The molecule has 0 aromatic heterocycles. The molecule has 0 unspecified atom stereocenters. The van der Waals surface area contributed by atoms with Crippen molar-refractivity contribution < 1.29 is 0 Å². The van der Waals surface area contributed by atoms with Crippen molar-refractivity contribution in [3.63, 3.8) is 0 Å². The van der Waals surface area contributed by atoms with Crippen LogP contribution in [0.2, 0.25) is 0 Å². The van der Waals surface area contributed by atoms with Crippen molar-refractivity contribution in [1.29, 1.82) is 0 Å². The van der Waals surface area contributed by atoms with Crippen LogP contribution >= 0.6 is 0 Å². The van der Waals surface area contributed by atoms with E-state index in [0.717, 1.165) is 56.4 Å². The van der Waals surface area contributed by atoms with Crippen LogP contribution in [0.5, 0.6) is 0 Å². The standard InChI is InChI=1S/C97H70N2/c1-95(2)90-57-69(65-29-13-7-14-30-65)43-48-82(90)84-51-46-75(61-92(84)95)98(73-35-23-33-67(53-73)63-25-9-5-10-26-63)77-55-72(71-45-50-86-81-39-19-22-42-89(81)97(94(86)59-71)87-40-20-17-37-79(87)80-38-18-21-41-88(80)97)56-78(60-77)99(74-36-24-34-68(54-74)64-27-11-6-12-28-64)76-47-52-85-83-49-44-70(66-31-15-8-16-32-66)58-91(83)96(3,4)93(85)62-76/h5-62H,1-4H3. The first-order chi connectivity index (χ1) is 48.6. The lowest BCUT2D eigenvalue weighted by atomic mass is 9.70. The maximum absolute atomic E-state index is 2.55. The number of hydrogen-bond donors (Lipinski definition) is 0. The summed E-state index contributed by atoms with van der Waals surface area (Å²) >= 11 is 0. The van der Waals surface area contributed by atoms with Crippen molar-refractivity contribution in [1.82, 2.24) is 0 Å². The molecule has 0 aliphatic heterocycles. The molecule has 0 fully saturated rings. The fourth-order valence-electron chi connectivity index (χ4n) is 17.4. The smallest absolute Gasteiger partial charge is 0.0725 e. The molecular formula is C97H70N2. The van der Waals surface area contributed by atoms with Gasteiger partial charge in [-0.05, 0) is 230 Å². The van der Waals surface area contributed by atoms with E-state index in [-0.39, 0.29) is 10.8 Å². The van der Waals surface area contributed by atoms with Gasteiger partial charge < -0.3 is 9.80 Å². The van der Waals surface area contributed by atoms with E-state index in [9.17, 15) is 0 Å². The summed E-state index contributed by atoms with van der Waals surface area (Å²) in [6.07, 6.45) is 0. The van der Waals surface area contributed by atoms with Gasteiger partial charge >= 0.3 is 0 Å². The van der Waals surface area contributed by atoms with Crippen molar-refractivity contribution in [3.05, 3.63) is 396 Å². The molecule has 0 amide bonds. The zero-order chi connectivity index (χ0) is 66.1. The average molecular weight is 1260 g/mol. The zero-order valence-electron chi connectivity index (χ0n) is 55.9. The molecule has 2 nitrogen and oxygen atoms in total. The molecule has 15 aromatic rings. The van der Waals surface area contributed by atoms with Crippen LogP contribution < -0.4 is 9.80 Å². The van der Waals surface area contributed by atoms with Crippen molar-refractivity contribution in [2.75, 3.05) is 9.80 Å². The predicted molar refractivity (Wildman–Crippen MR) is 414 cm³/mol. The fourth-order valence-corrected chi connectivity index (χ4v) is 17.4. The summed E-state index contributed by atoms with van der Waals surface area (Å²) in [7, 11) is 0. The minimum Gasteiger partial charge on any atom is -0.310 e. The molecular weight excluding hydrogens is 1190 g/mol. The summed E-state index contributed by atoms with van der Waals surface area (Å²) in [6, 6.07) is 133. The SMILES string of the molecule is CC1(C)c2cc(-c3ccccc3)ccc2-c2ccc(N(c3cccc(-c4ccccc4)c3)c3cc(-c4ccc5c(c4)C4(c6ccccc6-c6ccccc64)c4ccccc4-5)cc(N(c4cccc(-c5ccccc5)c4)c4ccc5c(c4)C(C)(C)c4cc(-c6ccccc6)ccc4-5)c3)cc21. The van der Waals surface area contributed by atoms with E-state index in [0.29, 0.717) is 0 Å². The van der Waals surface area contributed by atoms with Crippen LogP contribution in [0.25, 0.3) is 100 Å². The summed E-state index contributed by atoms with van der Waals surface area (Å²) in [5.74, 6) is 0. The van der Waals surface area contributed by atoms with Gasteiger partial charge in [-0.3, -0.25) is 0 Å². The Morgan fingerprint density at radius 2 is 0.424 bits per heavy atom. The van der Waals surface area contributed by atoms with E-state index < -0.39 is 5.41 Å². The van der Waals surface area contributed by atoms with Gasteiger partial charge in [-0.2, -0.15) is 0 Å². The molecule has 468 valence electrons. The monoisotopic (exact) mass is 1260 g/mol. The Morgan fingerprint density at radius 3 is 0.808 bits per heavy atom. The summed E-state index contributed by atoms with van der Waals surface area (Å²) in [4.78, 5) is 5.07. The van der Waals surface area contributed by atoms with Crippen LogP contribution in [0.4, 0.5) is 34.1 Å². The number of fused-ring (bicyclic) bond motifs is 16. The van der Waals surface area contributed by atoms with E-state index in [2.05, 4.69) is 389 Å². The lowest BCUT2D eigenvalue weighted by Crippen LogP contribution is -2.25. The molecule has 2 heteroatoms. The highest BCUT2D eigenvalue weighted by molar-refractivity contribution is 5.98. The second kappa shape index (κ2) is 22.5. The van der Waals surface area contributed by atoms with E-state index in [1.54, 1.807) is 0 Å². The molecule has 99 heavy (non-hydrogen) atoms. The second-order valence-electron chi connectivity index (χ2n) is 28.4. The van der Waals surface area contributed by atoms with Gasteiger partial charge in [0.25, 0.3) is 0 Å². The maximum Gasteiger partial charge on any atom is 0.0725 e. The second-order valence-corrected chi connectivity index (χ2v) is 28.4. The Morgan fingerprint density at radius 1 is 0.162 bits per heavy atom. The molecule has 0 N–H and O–H groups in total. The highest BCUT2D eigenvalue weighted by Crippen LogP contribution is 2.64. The van der Waals surface area contributed by atoms with Gasteiger partial charge in [0.05, 0.1) is 5.41 Å². The van der Waals surface area contributed by atoms with E-state index >= 15 is 0 Å². The molecule has 4 aliphatic carbocycles. The Bertz CT molecular complexity index is 5420. The lowest BCUT2D eigenvalue weighted by Gasteiger charge is -2.32. The molecule has 19 rings (SSSR count). The van der Waals surface area contributed by atoms with E-state index in [1.807, 2.05) is 0 Å². The Balaban J connectivity index is 0.867. The molecule has 1 spiro atoms. The van der Waals surface area contributed by atoms with E-state index in [1.165, 1.54) is 122 Å². The summed E-state index contributed by atoms with van der Waals surface area (Å²) in [5.41, 5.74) is 37.8. The van der Waals surface area contributed by atoms with Gasteiger partial charge in [-0.15, -0.1) is 0 Å². The zero-order valence-corrected chi connectivity index (χ0v) is 55.9. The first-order valence-corrected chi connectivity index (χ1v) is 34.8. The van der Waals surface area contributed by atoms with Crippen LogP contribution in [0.1, 0.15) is 72.2 Å². The van der Waals surface area contributed by atoms with Gasteiger partial charge in [0.1, 0.15) is 0 Å². The van der Waals surface area contributed by atoms with Crippen molar-refractivity contribution in [3.8, 4) is 100 Å². The van der Waals surface area contributed by atoms with Crippen LogP contribution in [0.3, 0.4) is 0 Å². The molecule has 0 saturated heterocycles. The summed E-state index contributed by atoms with van der Waals surface area (Å²) in [6.45, 7) is 9.65. The number of benzene rings is 15. The van der Waals surface area contributed by atoms with Crippen molar-refractivity contribution >= 4 is 34.1 Å². The maximum atomic E-state index is 2.55. The average Bonchev–Trinajstić information content (AvgIpc) is 1.52. The molecule has 4 aliphatic rings. The Kier molecular flexibility index (Phi) is 13.2. The van der Waals surface area contributed by atoms with Crippen LogP contribution in [-0.4, -0.2) is 0 Å². The molecule has 0 atom stereocenters. The third kappa shape index (κ3) is 9.09. The molecule has 0 heterocycles. The topological polar surface area (TPSA) is 6.48 Å². The highest BCUT2D eigenvalue weighted by Gasteiger charge is 2.52. The van der Waals surface area contributed by atoms with E-state index in [4.69, 9.17) is 0 Å². The largest absolute Gasteiger partial charge is 0.310 e. The van der Waals surface area contributed by atoms with Gasteiger partial charge in [0.15, 0.2) is 0 Å². The minimum absolute atomic E-state index is 0.309. The van der Waals surface area contributed by atoms with Gasteiger partial charge in [-0.1, -0.05) is 295 Å². The first-order valence-electron chi connectivity index (χ1n) is 34.8. The summed E-state index contributed by atoms with van der Waals surface area (Å²) < 4.78 is 0. The van der Waals surface area contributed by atoms with Gasteiger partial charge in [0, 0.05) is 45.0 Å². The Labute approximate surface area is 580 Å². The normalized spacial score (nSPS) is 13.9. The van der Waals surface area contributed by atoms with Crippen LogP contribution in [-0.2, 0) is 16.2 Å². The predicted octanol–water partition coefficient (Wildman–Crippen LogP) is 25.9. The number of hydrogen-bond acceptors (Lipinski definition) is 2. The third-order valence-electron chi connectivity index (χ3n) is 22.2. The quantitative estimate of drug-likeness (QED) is 0.127. The molecule has 0 bridgehead atoms. The van der Waals surface area contributed by atoms with Crippen LogP contribution in [0.15, 0.2) is 352 Å².